The molecule has 2 aromatic carbocycles. The lowest BCUT2D eigenvalue weighted by molar-refractivity contribution is -0.111. The normalized spacial score (nSPS) is 11.7. The molecule has 1 heterocycles. The van der Waals surface area contributed by atoms with Crippen LogP contribution in [-0.4, -0.2) is 17.4 Å². The second kappa shape index (κ2) is 8.26. The zero-order valence-electron chi connectivity index (χ0n) is 16.9. The molecule has 0 saturated heterocycles. The standard InChI is InChI=1S/C24H27N3O/c1-5-25-22-14-9-18-16-20(12-13-21(18)27-22)26-23(28)15-8-17-6-10-19(11-7-17)24(2,3)4/h6-16H,5H2,1-4H3,(H,25,27)(H,26,28)/b15-8+. The van der Waals surface area contributed by atoms with Gasteiger partial charge in [-0.1, -0.05) is 45.0 Å². The summed E-state index contributed by atoms with van der Waals surface area (Å²) >= 11 is 0. The molecule has 0 aliphatic carbocycles. The number of amides is 1. The summed E-state index contributed by atoms with van der Waals surface area (Å²) in [7, 11) is 0. The molecule has 0 atom stereocenters. The number of hydrogen-bond donors (Lipinski definition) is 2. The van der Waals surface area contributed by atoms with E-state index in [2.05, 4.69) is 48.5 Å². The van der Waals surface area contributed by atoms with E-state index in [1.807, 2.05) is 55.5 Å². The predicted molar refractivity (Wildman–Crippen MR) is 119 cm³/mol. The van der Waals surface area contributed by atoms with Gasteiger partial charge in [-0.25, -0.2) is 4.98 Å². The highest BCUT2D eigenvalue weighted by Gasteiger charge is 2.12. The first-order valence-corrected chi connectivity index (χ1v) is 9.59. The van der Waals surface area contributed by atoms with Crippen molar-refractivity contribution >= 4 is 34.4 Å². The van der Waals surface area contributed by atoms with Gasteiger partial charge in [0.1, 0.15) is 5.82 Å². The number of pyridine rings is 1. The second-order valence-electron chi connectivity index (χ2n) is 7.83. The van der Waals surface area contributed by atoms with Crippen LogP contribution >= 0.6 is 0 Å². The maximum Gasteiger partial charge on any atom is 0.248 e. The van der Waals surface area contributed by atoms with E-state index in [4.69, 9.17) is 0 Å². The van der Waals surface area contributed by atoms with E-state index in [-0.39, 0.29) is 11.3 Å². The van der Waals surface area contributed by atoms with Crippen molar-refractivity contribution in [1.29, 1.82) is 0 Å². The summed E-state index contributed by atoms with van der Waals surface area (Å²) in [6.45, 7) is 9.43. The van der Waals surface area contributed by atoms with Crippen molar-refractivity contribution in [3.05, 3.63) is 71.8 Å². The van der Waals surface area contributed by atoms with Crippen LogP contribution in [0, 0.1) is 0 Å². The fraction of sp³-hybridized carbons (Fsp3) is 0.250. The zero-order valence-corrected chi connectivity index (χ0v) is 16.9. The van der Waals surface area contributed by atoms with E-state index in [1.165, 1.54) is 5.56 Å². The highest BCUT2D eigenvalue weighted by molar-refractivity contribution is 6.03. The van der Waals surface area contributed by atoms with Crippen LogP contribution in [-0.2, 0) is 10.2 Å². The van der Waals surface area contributed by atoms with Gasteiger partial charge < -0.3 is 10.6 Å². The quantitative estimate of drug-likeness (QED) is 0.571. The minimum absolute atomic E-state index is 0.123. The first-order chi connectivity index (χ1) is 13.3. The molecule has 4 heteroatoms. The van der Waals surface area contributed by atoms with Crippen molar-refractivity contribution in [2.75, 3.05) is 17.2 Å². The van der Waals surface area contributed by atoms with Gasteiger partial charge in [0.05, 0.1) is 5.52 Å². The molecule has 0 aliphatic rings. The molecule has 28 heavy (non-hydrogen) atoms. The fourth-order valence-corrected chi connectivity index (χ4v) is 2.93. The smallest absolute Gasteiger partial charge is 0.248 e. The molecule has 144 valence electrons. The van der Waals surface area contributed by atoms with Crippen LogP contribution in [0.15, 0.2) is 60.7 Å². The third-order valence-corrected chi connectivity index (χ3v) is 4.52. The van der Waals surface area contributed by atoms with Gasteiger partial charge in [0, 0.05) is 23.7 Å². The topological polar surface area (TPSA) is 54.0 Å². The van der Waals surface area contributed by atoms with Crippen molar-refractivity contribution in [3.8, 4) is 0 Å². The lowest BCUT2D eigenvalue weighted by Gasteiger charge is -2.18. The molecule has 1 aromatic heterocycles. The van der Waals surface area contributed by atoms with Gasteiger partial charge in [0.25, 0.3) is 0 Å². The summed E-state index contributed by atoms with van der Waals surface area (Å²) in [6, 6.07) is 18.0. The molecule has 0 aliphatic heterocycles. The maximum absolute atomic E-state index is 12.3. The Kier molecular flexibility index (Phi) is 5.78. The molecule has 0 fully saturated rings. The van der Waals surface area contributed by atoms with Crippen LogP contribution in [0.5, 0.6) is 0 Å². The van der Waals surface area contributed by atoms with Gasteiger partial charge in [-0.2, -0.15) is 0 Å². The van der Waals surface area contributed by atoms with E-state index >= 15 is 0 Å². The lowest BCUT2D eigenvalue weighted by Crippen LogP contribution is -2.10. The van der Waals surface area contributed by atoms with Crippen LogP contribution < -0.4 is 10.6 Å². The number of fused-ring (bicyclic) bond motifs is 1. The van der Waals surface area contributed by atoms with Crippen molar-refractivity contribution in [2.45, 2.75) is 33.1 Å². The van der Waals surface area contributed by atoms with E-state index in [0.717, 1.165) is 34.5 Å². The monoisotopic (exact) mass is 373 g/mol. The molecule has 4 nitrogen and oxygen atoms in total. The van der Waals surface area contributed by atoms with E-state index in [9.17, 15) is 4.79 Å². The van der Waals surface area contributed by atoms with E-state index in [0.29, 0.717) is 0 Å². The third-order valence-electron chi connectivity index (χ3n) is 4.52. The predicted octanol–water partition coefficient (Wildman–Crippen LogP) is 5.62. The lowest BCUT2D eigenvalue weighted by atomic mass is 9.87. The summed E-state index contributed by atoms with van der Waals surface area (Å²) in [5, 5.41) is 7.10. The summed E-state index contributed by atoms with van der Waals surface area (Å²) in [5.41, 5.74) is 4.05. The van der Waals surface area contributed by atoms with Gasteiger partial charge in [-0.3, -0.25) is 4.79 Å². The molecule has 0 spiro atoms. The summed E-state index contributed by atoms with van der Waals surface area (Å²) < 4.78 is 0. The summed E-state index contributed by atoms with van der Waals surface area (Å²) in [5.74, 6) is 0.698. The second-order valence-corrected chi connectivity index (χ2v) is 7.83. The Morgan fingerprint density at radius 1 is 1.04 bits per heavy atom. The average molecular weight is 374 g/mol. The zero-order chi connectivity index (χ0) is 20.1. The Morgan fingerprint density at radius 2 is 1.79 bits per heavy atom. The van der Waals surface area contributed by atoms with Crippen LogP contribution in [0.2, 0.25) is 0 Å². The van der Waals surface area contributed by atoms with Gasteiger partial charge >= 0.3 is 0 Å². The Morgan fingerprint density at radius 3 is 2.46 bits per heavy atom. The van der Waals surface area contributed by atoms with E-state index < -0.39 is 0 Å². The number of rotatable bonds is 5. The first kappa shape index (κ1) is 19.6. The maximum atomic E-state index is 12.3. The van der Waals surface area contributed by atoms with Crippen molar-refractivity contribution < 1.29 is 4.79 Å². The van der Waals surface area contributed by atoms with Gasteiger partial charge in [-0.05, 0) is 59.9 Å². The number of hydrogen-bond acceptors (Lipinski definition) is 3. The number of nitrogens with one attached hydrogen (secondary N) is 2. The minimum Gasteiger partial charge on any atom is -0.370 e. The summed E-state index contributed by atoms with van der Waals surface area (Å²) in [6.07, 6.45) is 3.38. The van der Waals surface area contributed by atoms with Crippen LogP contribution in [0.4, 0.5) is 11.5 Å². The number of aromatic nitrogens is 1. The van der Waals surface area contributed by atoms with Crippen LogP contribution in [0.1, 0.15) is 38.8 Å². The number of benzene rings is 2. The fourth-order valence-electron chi connectivity index (χ4n) is 2.93. The largest absolute Gasteiger partial charge is 0.370 e. The first-order valence-electron chi connectivity index (χ1n) is 9.59. The number of carbonyl (C=O) groups excluding carboxylic acids is 1. The number of anilines is 2. The third kappa shape index (κ3) is 4.97. The molecule has 0 radical (unpaired) electrons. The number of carbonyl (C=O) groups is 1. The molecule has 0 unspecified atom stereocenters. The summed E-state index contributed by atoms with van der Waals surface area (Å²) in [4.78, 5) is 16.8. The Labute approximate surface area is 166 Å². The molecule has 2 N–H and O–H groups in total. The molecule has 0 bridgehead atoms. The molecular formula is C24H27N3O. The van der Waals surface area contributed by atoms with Crippen LogP contribution in [0.3, 0.4) is 0 Å². The van der Waals surface area contributed by atoms with Gasteiger partial charge in [-0.15, -0.1) is 0 Å². The molecule has 1 amide bonds. The van der Waals surface area contributed by atoms with Crippen molar-refractivity contribution in [3.63, 3.8) is 0 Å². The van der Waals surface area contributed by atoms with Crippen LogP contribution in [0.25, 0.3) is 17.0 Å². The van der Waals surface area contributed by atoms with Gasteiger partial charge in [0.2, 0.25) is 5.91 Å². The highest BCUT2D eigenvalue weighted by atomic mass is 16.1. The van der Waals surface area contributed by atoms with Crippen molar-refractivity contribution in [2.24, 2.45) is 0 Å². The molecule has 0 saturated carbocycles. The molecular weight excluding hydrogens is 346 g/mol. The average Bonchev–Trinajstić information content (AvgIpc) is 2.66. The van der Waals surface area contributed by atoms with Gasteiger partial charge in [0.15, 0.2) is 0 Å². The SMILES string of the molecule is CCNc1ccc2cc(NC(=O)/C=C/c3ccc(C(C)(C)C)cc3)ccc2n1. The number of nitrogens with zero attached hydrogens (tertiary/aromatic N) is 1. The molecule has 3 aromatic rings. The Balaban J connectivity index is 1.67. The highest BCUT2D eigenvalue weighted by Crippen LogP contribution is 2.23. The Hall–Kier alpha value is -3.14. The molecule has 3 rings (SSSR count). The Bertz CT molecular complexity index is 999. The van der Waals surface area contributed by atoms with E-state index in [1.54, 1.807) is 6.08 Å². The van der Waals surface area contributed by atoms with Crippen molar-refractivity contribution in [1.82, 2.24) is 4.98 Å². The minimum atomic E-state index is -0.156.